The standard InChI is InChI=1S/C20H14ClF3N4O3S/c1-32(30,31)16-4-2-3-15(11-16)27(10-9-25)19(29)17-12-26-28(18(17)20(22,23)24)14-7-5-13(21)6-8-14/h2-8,11-12H,10H2,1H3. The fourth-order valence-corrected chi connectivity index (χ4v) is 3.72. The van der Waals surface area contributed by atoms with Crippen molar-refractivity contribution in [3.63, 3.8) is 0 Å². The fraction of sp³-hybridized carbons (Fsp3) is 0.150. The van der Waals surface area contributed by atoms with Crippen molar-refractivity contribution >= 4 is 33.0 Å². The number of nitrogens with zero attached hydrogens (tertiary/aromatic N) is 4. The maximum absolute atomic E-state index is 13.9. The molecule has 1 amide bonds. The topological polar surface area (TPSA) is 96.1 Å². The van der Waals surface area contributed by atoms with E-state index in [0.717, 1.165) is 23.4 Å². The maximum Gasteiger partial charge on any atom is 0.434 e. The summed E-state index contributed by atoms with van der Waals surface area (Å²) in [5.41, 5.74) is -2.17. The lowest BCUT2D eigenvalue weighted by atomic mass is 10.1. The van der Waals surface area contributed by atoms with Gasteiger partial charge in [-0.2, -0.15) is 23.5 Å². The Hall–Kier alpha value is -3.36. The van der Waals surface area contributed by atoms with Crippen molar-refractivity contribution in [3.05, 3.63) is 71.0 Å². The summed E-state index contributed by atoms with van der Waals surface area (Å²) >= 11 is 5.79. The summed E-state index contributed by atoms with van der Waals surface area (Å²) in [6.07, 6.45) is -3.26. The summed E-state index contributed by atoms with van der Waals surface area (Å²) in [7, 11) is -3.66. The van der Waals surface area contributed by atoms with Crippen LogP contribution in [0.4, 0.5) is 18.9 Å². The lowest BCUT2D eigenvalue weighted by Crippen LogP contribution is -2.33. The van der Waals surface area contributed by atoms with E-state index >= 15 is 0 Å². The van der Waals surface area contributed by atoms with Gasteiger partial charge in [0.25, 0.3) is 5.91 Å². The van der Waals surface area contributed by atoms with Crippen LogP contribution in [-0.2, 0) is 16.0 Å². The SMILES string of the molecule is CS(=O)(=O)c1cccc(N(CC#N)C(=O)c2cnn(-c3ccc(Cl)cc3)c2C(F)(F)F)c1. The minimum atomic E-state index is -4.96. The van der Waals surface area contributed by atoms with Crippen LogP contribution in [0.25, 0.3) is 5.69 Å². The molecule has 0 aliphatic heterocycles. The largest absolute Gasteiger partial charge is 0.434 e. The van der Waals surface area contributed by atoms with Crippen molar-refractivity contribution in [2.24, 2.45) is 0 Å². The summed E-state index contributed by atoms with van der Waals surface area (Å²) in [6, 6.07) is 12.1. The number of aromatic nitrogens is 2. The highest BCUT2D eigenvalue weighted by atomic mass is 35.5. The van der Waals surface area contributed by atoms with E-state index in [1.54, 1.807) is 6.07 Å². The van der Waals surface area contributed by atoms with Crippen LogP contribution in [0.3, 0.4) is 0 Å². The monoisotopic (exact) mass is 482 g/mol. The van der Waals surface area contributed by atoms with Gasteiger partial charge in [0.15, 0.2) is 15.5 Å². The van der Waals surface area contributed by atoms with Crippen LogP contribution in [0.15, 0.2) is 59.6 Å². The molecule has 166 valence electrons. The molecule has 0 aliphatic carbocycles. The fourth-order valence-electron chi connectivity index (χ4n) is 2.93. The Morgan fingerprint density at radius 3 is 2.44 bits per heavy atom. The number of nitriles is 1. The number of carbonyl (C=O) groups excluding carboxylic acids is 1. The van der Waals surface area contributed by atoms with E-state index in [9.17, 15) is 26.4 Å². The van der Waals surface area contributed by atoms with Crippen LogP contribution in [0.2, 0.25) is 5.02 Å². The van der Waals surface area contributed by atoms with Gasteiger partial charge < -0.3 is 0 Å². The highest BCUT2D eigenvalue weighted by molar-refractivity contribution is 7.90. The Morgan fingerprint density at radius 1 is 1.22 bits per heavy atom. The third kappa shape index (κ3) is 4.76. The number of hydrogen-bond donors (Lipinski definition) is 0. The zero-order valence-corrected chi connectivity index (χ0v) is 17.9. The highest BCUT2D eigenvalue weighted by Crippen LogP contribution is 2.35. The Bertz CT molecular complexity index is 1310. The molecule has 2 aromatic carbocycles. The average Bonchev–Trinajstić information content (AvgIpc) is 3.17. The first-order valence-corrected chi connectivity index (χ1v) is 11.1. The molecule has 0 aliphatic rings. The van der Waals surface area contributed by atoms with E-state index in [-0.39, 0.29) is 16.3 Å². The van der Waals surface area contributed by atoms with Crippen molar-refractivity contribution in [2.45, 2.75) is 11.1 Å². The second kappa shape index (κ2) is 8.64. The van der Waals surface area contributed by atoms with E-state index in [4.69, 9.17) is 16.9 Å². The van der Waals surface area contributed by atoms with Crippen LogP contribution in [0.1, 0.15) is 16.1 Å². The molecule has 1 aromatic heterocycles. The molecule has 3 rings (SSSR count). The Labute approximate surface area is 186 Å². The van der Waals surface area contributed by atoms with Gasteiger partial charge in [0, 0.05) is 17.0 Å². The second-order valence-electron chi connectivity index (χ2n) is 6.61. The number of hydrogen-bond acceptors (Lipinski definition) is 5. The third-order valence-corrected chi connectivity index (χ3v) is 5.73. The highest BCUT2D eigenvalue weighted by Gasteiger charge is 2.41. The number of alkyl halides is 3. The molecule has 7 nitrogen and oxygen atoms in total. The smallest absolute Gasteiger partial charge is 0.294 e. The van der Waals surface area contributed by atoms with E-state index in [0.29, 0.717) is 9.70 Å². The van der Waals surface area contributed by atoms with Crippen LogP contribution < -0.4 is 4.90 Å². The van der Waals surface area contributed by atoms with Gasteiger partial charge in [0.2, 0.25) is 0 Å². The predicted molar refractivity (Wildman–Crippen MR) is 110 cm³/mol. The van der Waals surface area contributed by atoms with E-state index in [1.807, 2.05) is 0 Å². The minimum Gasteiger partial charge on any atom is -0.294 e. The molecular weight excluding hydrogens is 469 g/mol. The zero-order chi connectivity index (χ0) is 23.7. The molecule has 3 aromatic rings. The van der Waals surface area contributed by atoms with Gasteiger partial charge in [-0.1, -0.05) is 17.7 Å². The third-order valence-electron chi connectivity index (χ3n) is 4.37. The van der Waals surface area contributed by atoms with Crippen LogP contribution in [0, 0.1) is 11.3 Å². The molecule has 0 unspecified atom stereocenters. The van der Waals surface area contributed by atoms with Crippen LogP contribution >= 0.6 is 11.6 Å². The van der Waals surface area contributed by atoms with Gasteiger partial charge in [-0.15, -0.1) is 0 Å². The van der Waals surface area contributed by atoms with Gasteiger partial charge >= 0.3 is 6.18 Å². The second-order valence-corrected chi connectivity index (χ2v) is 9.06. The van der Waals surface area contributed by atoms with E-state index in [2.05, 4.69) is 5.10 Å². The maximum atomic E-state index is 13.9. The van der Waals surface area contributed by atoms with E-state index < -0.39 is 39.7 Å². The molecule has 0 atom stereocenters. The molecule has 0 bridgehead atoms. The van der Waals surface area contributed by atoms with Crippen molar-refractivity contribution in [2.75, 3.05) is 17.7 Å². The number of benzene rings is 2. The number of amides is 1. The van der Waals surface area contributed by atoms with Crippen LogP contribution in [-0.4, -0.2) is 36.9 Å². The number of halogens is 4. The molecule has 0 saturated heterocycles. The van der Waals surface area contributed by atoms with Gasteiger partial charge in [-0.25, -0.2) is 13.1 Å². The van der Waals surface area contributed by atoms with Gasteiger partial charge in [0.05, 0.1) is 28.4 Å². The molecular formula is C20H14ClF3N4O3S. The van der Waals surface area contributed by atoms with E-state index in [1.165, 1.54) is 42.5 Å². The summed E-state index contributed by atoms with van der Waals surface area (Å²) in [4.78, 5) is 13.7. The summed E-state index contributed by atoms with van der Waals surface area (Å²) in [5, 5.41) is 13.2. The Morgan fingerprint density at radius 2 is 1.88 bits per heavy atom. The molecule has 0 N–H and O–H groups in total. The summed E-state index contributed by atoms with van der Waals surface area (Å²) in [5.74, 6) is -1.16. The quantitative estimate of drug-likeness (QED) is 0.510. The molecule has 1 heterocycles. The summed E-state index contributed by atoms with van der Waals surface area (Å²) in [6.45, 7) is -0.616. The minimum absolute atomic E-state index is 0.0201. The van der Waals surface area contributed by atoms with Gasteiger partial charge in [0.1, 0.15) is 6.54 Å². The lowest BCUT2D eigenvalue weighted by Gasteiger charge is -2.21. The molecule has 32 heavy (non-hydrogen) atoms. The zero-order valence-electron chi connectivity index (χ0n) is 16.3. The Balaban J connectivity index is 2.14. The van der Waals surface area contributed by atoms with Crippen molar-refractivity contribution in [1.82, 2.24) is 9.78 Å². The molecule has 0 radical (unpaired) electrons. The van der Waals surface area contributed by atoms with Gasteiger partial charge in [-0.05, 0) is 42.5 Å². The Kier molecular flexibility index (Phi) is 6.29. The summed E-state index contributed by atoms with van der Waals surface area (Å²) < 4.78 is 66.0. The van der Waals surface area contributed by atoms with Crippen molar-refractivity contribution < 1.29 is 26.4 Å². The number of anilines is 1. The molecule has 0 fully saturated rings. The predicted octanol–water partition coefficient (Wildman–Crippen LogP) is 4.12. The number of rotatable bonds is 5. The number of carbonyl (C=O) groups is 1. The average molecular weight is 483 g/mol. The molecule has 0 spiro atoms. The lowest BCUT2D eigenvalue weighted by molar-refractivity contribution is -0.143. The first-order chi connectivity index (χ1) is 14.9. The molecule has 12 heteroatoms. The first-order valence-electron chi connectivity index (χ1n) is 8.83. The first kappa shape index (κ1) is 23.3. The van der Waals surface area contributed by atoms with Crippen molar-refractivity contribution in [3.8, 4) is 11.8 Å². The van der Waals surface area contributed by atoms with Crippen LogP contribution in [0.5, 0.6) is 0 Å². The number of sulfone groups is 1. The van der Waals surface area contributed by atoms with Gasteiger partial charge in [-0.3, -0.25) is 9.69 Å². The van der Waals surface area contributed by atoms with Crippen molar-refractivity contribution in [1.29, 1.82) is 5.26 Å². The molecule has 0 saturated carbocycles. The normalized spacial score (nSPS) is 11.8.